The third-order valence-electron chi connectivity index (χ3n) is 3.86. The number of ether oxygens (including phenoxy) is 2. The van der Waals surface area contributed by atoms with Gasteiger partial charge in [0.2, 0.25) is 5.91 Å². The largest absolute Gasteiger partial charge is 0.444 e. The summed E-state index contributed by atoms with van der Waals surface area (Å²) in [5.41, 5.74) is -0.709. The van der Waals surface area contributed by atoms with Crippen molar-refractivity contribution >= 4 is 12.0 Å². The number of aromatic nitrogens is 2. The van der Waals surface area contributed by atoms with Crippen LogP contribution in [0.15, 0.2) is 12.4 Å². The van der Waals surface area contributed by atoms with E-state index in [0.717, 1.165) is 5.56 Å². The topological polar surface area (TPSA) is 85.7 Å². The minimum Gasteiger partial charge on any atom is -0.444 e. The third-order valence-corrected chi connectivity index (χ3v) is 3.86. The molecule has 2 rings (SSSR count). The zero-order valence-electron chi connectivity index (χ0n) is 16.0. The van der Waals surface area contributed by atoms with Gasteiger partial charge >= 0.3 is 6.09 Å². The molecule has 0 aliphatic carbocycles. The first-order valence-corrected chi connectivity index (χ1v) is 8.36. The molecule has 1 aromatic rings. The molecule has 25 heavy (non-hydrogen) atoms. The van der Waals surface area contributed by atoms with E-state index in [4.69, 9.17) is 9.47 Å². The molecule has 0 bridgehead atoms. The van der Waals surface area contributed by atoms with Crippen molar-refractivity contribution in [2.24, 2.45) is 7.05 Å². The Morgan fingerprint density at radius 1 is 1.40 bits per heavy atom. The fourth-order valence-electron chi connectivity index (χ4n) is 2.95. The van der Waals surface area contributed by atoms with E-state index < -0.39 is 29.6 Å². The molecule has 140 valence electrons. The first kappa shape index (κ1) is 19.2. The molecule has 0 saturated carbocycles. The summed E-state index contributed by atoms with van der Waals surface area (Å²) in [4.78, 5) is 26.8. The highest BCUT2D eigenvalue weighted by atomic mass is 16.6. The van der Waals surface area contributed by atoms with Gasteiger partial charge in [-0.2, -0.15) is 5.10 Å². The van der Waals surface area contributed by atoms with Crippen molar-refractivity contribution in [3.8, 4) is 0 Å². The number of carbonyl (C=O) groups excluding carboxylic acids is 2. The minimum absolute atomic E-state index is 0.284. The van der Waals surface area contributed by atoms with E-state index in [2.05, 4.69) is 10.4 Å². The van der Waals surface area contributed by atoms with Crippen LogP contribution >= 0.6 is 0 Å². The Balaban J connectivity index is 2.14. The number of hydrogen-bond donors (Lipinski definition) is 1. The second kappa shape index (κ2) is 6.67. The van der Waals surface area contributed by atoms with Crippen molar-refractivity contribution < 1.29 is 19.1 Å². The summed E-state index contributed by atoms with van der Waals surface area (Å²) in [5.74, 6) is -0.284. The minimum atomic E-state index is -0.932. The summed E-state index contributed by atoms with van der Waals surface area (Å²) in [6.07, 6.45) is 2.49. The Kier molecular flexibility index (Phi) is 5.13. The molecule has 1 fully saturated rings. The van der Waals surface area contributed by atoms with E-state index in [1.165, 1.54) is 4.90 Å². The summed E-state index contributed by atoms with van der Waals surface area (Å²) < 4.78 is 13.0. The van der Waals surface area contributed by atoms with Gasteiger partial charge in [0.05, 0.1) is 12.3 Å². The smallest absolute Gasteiger partial charge is 0.413 e. The van der Waals surface area contributed by atoms with Crippen LogP contribution in [0.3, 0.4) is 0 Å². The van der Waals surface area contributed by atoms with Crippen molar-refractivity contribution in [3.63, 3.8) is 0 Å². The van der Waals surface area contributed by atoms with Crippen LogP contribution in [0, 0.1) is 0 Å². The van der Waals surface area contributed by atoms with Crippen LogP contribution in [0.5, 0.6) is 0 Å². The average molecular weight is 352 g/mol. The maximum absolute atomic E-state index is 12.7. The summed E-state index contributed by atoms with van der Waals surface area (Å²) >= 11 is 0. The predicted octanol–water partition coefficient (Wildman–Crippen LogP) is 1.80. The standard InChI is InChI=1S/C17H28N4O4/c1-11-13(14(22)18-8-12-9-19-20(7)10-12)21(17(5,6)24-11)15(23)25-16(2,3)4/h9-11,13H,8H2,1-7H3,(H,18,22)/t11-,13+/m1/s1. The van der Waals surface area contributed by atoms with E-state index in [0.29, 0.717) is 6.54 Å². The number of carbonyl (C=O) groups is 2. The molecule has 0 unspecified atom stereocenters. The quantitative estimate of drug-likeness (QED) is 0.896. The Hall–Kier alpha value is -2.09. The van der Waals surface area contributed by atoms with Crippen molar-refractivity contribution in [1.29, 1.82) is 0 Å². The van der Waals surface area contributed by atoms with Crippen molar-refractivity contribution in [1.82, 2.24) is 20.0 Å². The van der Waals surface area contributed by atoms with E-state index in [-0.39, 0.29) is 5.91 Å². The van der Waals surface area contributed by atoms with Gasteiger partial charge in [-0.05, 0) is 41.5 Å². The van der Waals surface area contributed by atoms with E-state index >= 15 is 0 Å². The van der Waals surface area contributed by atoms with Crippen LogP contribution in [0.1, 0.15) is 47.1 Å². The Bertz CT molecular complexity index is 647. The van der Waals surface area contributed by atoms with E-state index in [1.807, 2.05) is 13.2 Å². The second-order valence-corrected chi connectivity index (χ2v) is 7.80. The highest BCUT2D eigenvalue weighted by Crippen LogP contribution is 2.33. The molecule has 2 heterocycles. The van der Waals surface area contributed by atoms with Gasteiger partial charge in [0.15, 0.2) is 0 Å². The van der Waals surface area contributed by atoms with Crippen LogP contribution < -0.4 is 5.32 Å². The summed E-state index contributed by atoms with van der Waals surface area (Å²) in [6.45, 7) is 11.0. The SMILES string of the molecule is C[C@H]1OC(C)(C)N(C(=O)OC(C)(C)C)[C@@H]1C(=O)NCc1cnn(C)c1. The number of hydrogen-bond acceptors (Lipinski definition) is 5. The highest BCUT2D eigenvalue weighted by molar-refractivity contribution is 5.87. The van der Waals surface area contributed by atoms with Gasteiger partial charge in [0, 0.05) is 25.4 Å². The fraction of sp³-hybridized carbons (Fsp3) is 0.706. The van der Waals surface area contributed by atoms with Crippen LogP contribution in [0.2, 0.25) is 0 Å². The van der Waals surface area contributed by atoms with Crippen molar-refractivity contribution in [2.45, 2.75) is 71.6 Å². The molecule has 8 nitrogen and oxygen atoms in total. The molecular weight excluding hydrogens is 324 g/mol. The molecule has 8 heteroatoms. The number of nitrogens with zero attached hydrogens (tertiary/aromatic N) is 3. The fourth-order valence-corrected chi connectivity index (χ4v) is 2.95. The molecule has 0 aromatic carbocycles. The van der Waals surface area contributed by atoms with Gasteiger partial charge in [-0.1, -0.05) is 0 Å². The Morgan fingerprint density at radius 3 is 2.56 bits per heavy atom. The van der Waals surface area contributed by atoms with Gasteiger partial charge in [-0.3, -0.25) is 14.4 Å². The zero-order chi connectivity index (χ0) is 19.0. The molecular formula is C17H28N4O4. The molecule has 1 saturated heterocycles. The van der Waals surface area contributed by atoms with Crippen LogP contribution in [-0.2, 0) is 27.9 Å². The predicted molar refractivity (Wildman–Crippen MR) is 91.5 cm³/mol. The van der Waals surface area contributed by atoms with Gasteiger partial charge in [-0.15, -0.1) is 0 Å². The lowest BCUT2D eigenvalue weighted by Crippen LogP contribution is -2.55. The first-order chi connectivity index (χ1) is 11.4. The molecule has 2 atom stereocenters. The molecule has 1 aromatic heterocycles. The molecule has 0 radical (unpaired) electrons. The van der Waals surface area contributed by atoms with Gasteiger partial charge < -0.3 is 14.8 Å². The summed E-state index contributed by atoms with van der Waals surface area (Å²) in [6, 6.07) is -0.762. The summed E-state index contributed by atoms with van der Waals surface area (Å²) in [7, 11) is 1.81. The lowest BCUT2D eigenvalue weighted by molar-refractivity contribution is -0.127. The van der Waals surface area contributed by atoms with Crippen molar-refractivity contribution in [2.75, 3.05) is 0 Å². The molecule has 1 aliphatic rings. The molecule has 2 amide bonds. The highest BCUT2D eigenvalue weighted by Gasteiger charge is 2.52. The second-order valence-electron chi connectivity index (χ2n) is 7.80. The van der Waals surface area contributed by atoms with Crippen LogP contribution in [0.4, 0.5) is 4.79 Å². The van der Waals surface area contributed by atoms with Gasteiger partial charge in [-0.25, -0.2) is 4.79 Å². The zero-order valence-corrected chi connectivity index (χ0v) is 16.0. The first-order valence-electron chi connectivity index (χ1n) is 8.36. The number of aryl methyl sites for hydroxylation is 1. The van der Waals surface area contributed by atoms with E-state index in [1.54, 1.807) is 52.4 Å². The van der Waals surface area contributed by atoms with Crippen LogP contribution in [0.25, 0.3) is 0 Å². The number of amides is 2. The number of nitrogens with one attached hydrogen (secondary N) is 1. The maximum Gasteiger partial charge on any atom is 0.413 e. The summed E-state index contributed by atoms with van der Waals surface area (Å²) in [5, 5.41) is 6.92. The van der Waals surface area contributed by atoms with Crippen LogP contribution in [-0.4, -0.2) is 50.2 Å². The monoisotopic (exact) mass is 352 g/mol. The molecule has 0 spiro atoms. The lowest BCUT2D eigenvalue weighted by atomic mass is 10.1. The van der Waals surface area contributed by atoms with Gasteiger partial charge in [0.25, 0.3) is 0 Å². The molecule has 1 N–H and O–H groups in total. The maximum atomic E-state index is 12.7. The van der Waals surface area contributed by atoms with Crippen molar-refractivity contribution in [3.05, 3.63) is 18.0 Å². The average Bonchev–Trinajstić information content (AvgIpc) is 2.94. The number of rotatable bonds is 3. The van der Waals surface area contributed by atoms with Gasteiger partial charge in [0.1, 0.15) is 17.4 Å². The normalized spacial score (nSPS) is 22.8. The van der Waals surface area contributed by atoms with E-state index in [9.17, 15) is 9.59 Å². The Labute approximate surface area is 148 Å². The molecule has 1 aliphatic heterocycles. The third kappa shape index (κ3) is 4.50. The Morgan fingerprint density at radius 2 is 2.04 bits per heavy atom. The lowest BCUT2D eigenvalue weighted by Gasteiger charge is -2.34.